The first-order valence-electron chi connectivity index (χ1n) is 2.54. The van der Waals surface area contributed by atoms with Gasteiger partial charge in [0.2, 0.25) is 0 Å². The highest BCUT2D eigenvalue weighted by atomic mass is 19.1. The fraction of sp³-hybridized carbons (Fsp3) is 0.800. The number of esters is 1. The topological polar surface area (TPSA) is 46.5 Å². The number of carbonyl (C=O) groups is 1. The zero-order chi connectivity index (χ0) is 7.28. The molecule has 0 saturated carbocycles. The predicted octanol–water partition coefficient (Wildman–Crippen LogP) is -0.120. The Morgan fingerprint density at radius 1 is 1.89 bits per heavy atom. The zero-order valence-corrected chi connectivity index (χ0v) is 5.13. The third kappa shape index (κ3) is 3.03. The van der Waals surface area contributed by atoms with Gasteiger partial charge in [-0.1, -0.05) is 0 Å². The van der Waals surface area contributed by atoms with Crippen molar-refractivity contribution in [1.82, 2.24) is 0 Å². The first kappa shape index (κ1) is 8.36. The van der Waals surface area contributed by atoms with Gasteiger partial charge in [-0.15, -0.1) is 0 Å². The molecule has 3 nitrogen and oxygen atoms in total. The van der Waals surface area contributed by atoms with E-state index in [0.29, 0.717) is 0 Å². The van der Waals surface area contributed by atoms with Crippen molar-refractivity contribution in [3.63, 3.8) is 0 Å². The standard InChI is InChI=1S/C5H9FO3/c1-9-5(8)4(7)2-3-6/h4,7H,2-3H2,1H3/t4-/m1/s1. The third-order valence-electron chi connectivity index (χ3n) is 0.856. The molecule has 0 aromatic rings. The van der Waals surface area contributed by atoms with E-state index in [2.05, 4.69) is 4.74 Å². The molecule has 0 aliphatic carbocycles. The van der Waals surface area contributed by atoms with Crippen molar-refractivity contribution in [2.24, 2.45) is 0 Å². The largest absolute Gasteiger partial charge is 0.467 e. The maximum Gasteiger partial charge on any atom is 0.334 e. The van der Waals surface area contributed by atoms with Crippen LogP contribution in [0.5, 0.6) is 0 Å². The molecule has 0 aromatic heterocycles. The number of halogens is 1. The molecule has 0 aliphatic heterocycles. The molecule has 1 atom stereocenters. The smallest absolute Gasteiger partial charge is 0.334 e. The molecule has 0 heterocycles. The summed E-state index contributed by atoms with van der Waals surface area (Å²) in [6.45, 7) is -0.712. The second-order valence-electron chi connectivity index (χ2n) is 1.52. The summed E-state index contributed by atoms with van der Waals surface area (Å²) in [5.74, 6) is -0.785. The van der Waals surface area contributed by atoms with Gasteiger partial charge in [0, 0.05) is 6.42 Å². The summed E-state index contributed by atoms with van der Waals surface area (Å²) in [5, 5.41) is 8.60. The Kier molecular flexibility index (Phi) is 3.96. The van der Waals surface area contributed by atoms with Gasteiger partial charge in [0.15, 0.2) is 6.10 Å². The van der Waals surface area contributed by atoms with E-state index in [4.69, 9.17) is 5.11 Å². The molecule has 9 heavy (non-hydrogen) atoms. The summed E-state index contributed by atoms with van der Waals surface area (Å²) in [5.41, 5.74) is 0. The third-order valence-corrected chi connectivity index (χ3v) is 0.856. The molecule has 0 aliphatic rings. The minimum atomic E-state index is -1.31. The van der Waals surface area contributed by atoms with Crippen LogP contribution in [0.3, 0.4) is 0 Å². The van der Waals surface area contributed by atoms with Crippen LogP contribution in [-0.2, 0) is 9.53 Å². The maximum atomic E-state index is 11.4. The molecule has 4 heteroatoms. The molecule has 0 radical (unpaired) electrons. The number of methoxy groups -OCH3 is 1. The maximum absolute atomic E-state index is 11.4. The number of aliphatic hydroxyl groups is 1. The van der Waals surface area contributed by atoms with E-state index in [1.807, 2.05) is 0 Å². The number of alkyl halides is 1. The predicted molar refractivity (Wildman–Crippen MR) is 28.6 cm³/mol. The van der Waals surface area contributed by atoms with Crippen molar-refractivity contribution in [1.29, 1.82) is 0 Å². The first-order valence-corrected chi connectivity index (χ1v) is 2.54. The Balaban J connectivity index is 3.45. The van der Waals surface area contributed by atoms with Gasteiger partial charge in [0.1, 0.15) is 0 Å². The molecule has 0 rings (SSSR count). The lowest BCUT2D eigenvalue weighted by atomic mass is 10.3. The number of carbonyl (C=O) groups excluding carboxylic acids is 1. The van der Waals surface area contributed by atoms with Gasteiger partial charge >= 0.3 is 5.97 Å². The molecule has 0 aromatic carbocycles. The van der Waals surface area contributed by atoms with Crippen molar-refractivity contribution in [3.05, 3.63) is 0 Å². The van der Waals surface area contributed by atoms with Crippen molar-refractivity contribution < 1.29 is 19.0 Å². The summed E-state index contributed by atoms with van der Waals surface area (Å²) < 4.78 is 15.5. The van der Waals surface area contributed by atoms with Crippen molar-refractivity contribution in [2.45, 2.75) is 12.5 Å². The number of hydrogen-bond donors (Lipinski definition) is 1. The van der Waals surface area contributed by atoms with E-state index in [1.165, 1.54) is 0 Å². The van der Waals surface area contributed by atoms with Crippen LogP contribution in [0.1, 0.15) is 6.42 Å². The number of rotatable bonds is 3. The monoisotopic (exact) mass is 136 g/mol. The Morgan fingerprint density at radius 3 is 2.78 bits per heavy atom. The van der Waals surface area contributed by atoms with Crippen LogP contribution in [0.25, 0.3) is 0 Å². The van der Waals surface area contributed by atoms with Crippen LogP contribution in [0.2, 0.25) is 0 Å². The van der Waals surface area contributed by atoms with Gasteiger partial charge in [-0.25, -0.2) is 4.79 Å². The lowest BCUT2D eigenvalue weighted by molar-refractivity contribution is -0.150. The SMILES string of the molecule is COC(=O)[C@H](O)CCF. The van der Waals surface area contributed by atoms with Gasteiger partial charge in [0.05, 0.1) is 13.8 Å². The Labute approximate surface area is 52.4 Å². The molecule has 0 spiro atoms. The van der Waals surface area contributed by atoms with E-state index in [9.17, 15) is 9.18 Å². The summed E-state index contributed by atoms with van der Waals surface area (Å²) in [6, 6.07) is 0. The van der Waals surface area contributed by atoms with Crippen molar-refractivity contribution >= 4 is 5.97 Å². The Morgan fingerprint density at radius 2 is 2.44 bits per heavy atom. The Bertz CT molecular complexity index is 94.2. The first-order chi connectivity index (χ1) is 4.22. The summed E-state index contributed by atoms with van der Waals surface area (Å²) >= 11 is 0. The highest BCUT2D eigenvalue weighted by Gasteiger charge is 2.13. The molecule has 54 valence electrons. The minimum absolute atomic E-state index is 0.188. The van der Waals surface area contributed by atoms with Gasteiger partial charge in [-0.05, 0) is 0 Å². The summed E-state index contributed by atoms with van der Waals surface area (Å²) in [6.07, 6.45) is -1.49. The number of aliphatic hydroxyl groups excluding tert-OH is 1. The van der Waals surface area contributed by atoms with Gasteiger partial charge in [-0.2, -0.15) is 0 Å². The fourth-order valence-corrected chi connectivity index (χ4v) is 0.357. The van der Waals surface area contributed by atoms with Gasteiger partial charge < -0.3 is 9.84 Å². The average Bonchev–Trinajstić information content (AvgIpc) is 1.87. The highest BCUT2D eigenvalue weighted by molar-refractivity contribution is 5.74. The van der Waals surface area contributed by atoms with Crippen LogP contribution in [0.15, 0.2) is 0 Å². The number of ether oxygens (including phenoxy) is 1. The van der Waals surface area contributed by atoms with Crippen molar-refractivity contribution in [3.8, 4) is 0 Å². The van der Waals surface area contributed by atoms with Crippen LogP contribution >= 0.6 is 0 Å². The Hall–Kier alpha value is -0.640. The van der Waals surface area contributed by atoms with Crippen molar-refractivity contribution in [2.75, 3.05) is 13.8 Å². The lowest BCUT2D eigenvalue weighted by Gasteiger charge is -2.03. The summed E-state index contributed by atoms with van der Waals surface area (Å²) in [4.78, 5) is 10.3. The highest BCUT2D eigenvalue weighted by Crippen LogP contribution is 1.93. The normalized spacial score (nSPS) is 12.8. The second-order valence-corrected chi connectivity index (χ2v) is 1.52. The van der Waals surface area contributed by atoms with Crippen LogP contribution in [0, 0.1) is 0 Å². The fourth-order valence-electron chi connectivity index (χ4n) is 0.357. The minimum Gasteiger partial charge on any atom is -0.467 e. The lowest BCUT2D eigenvalue weighted by Crippen LogP contribution is -2.21. The van der Waals surface area contributed by atoms with E-state index in [0.717, 1.165) is 7.11 Å². The molecule has 0 bridgehead atoms. The van der Waals surface area contributed by atoms with E-state index >= 15 is 0 Å². The molecule has 0 fully saturated rings. The second kappa shape index (κ2) is 4.26. The average molecular weight is 136 g/mol. The molecule has 0 unspecified atom stereocenters. The van der Waals surface area contributed by atoms with Gasteiger partial charge in [-0.3, -0.25) is 4.39 Å². The molecule has 0 saturated heterocycles. The molecule has 0 amide bonds. The molecular weight excluding hydrogens is 127 g/mol. The van der Waals surface area contributed by atoms with Crippen LogP contribution in [-0.4, -0.2) is 31.0 Å². The molecule has 1 N–H and O–H groups in total. The molecular formula is C5H9FO3. The zero-order valence-electron chi connectivity index (χ0n) is 5.13. The van der Waals surface area contributed by atoms with E-state index in [-0.39, 0.29) is 6.42 Å². The van der Waals surface area contributed by atoms with E-state index < -0.39 is 18.7 Å². The quantitative estimate of drug-likeness (QED) is 0.550. The van der Waals surface area contributed by atoms with Crippen LogP contribution < -0.4 is 0 Å². The van der Waals surface area contributed by atoms with E-state index in [1.54, 1.807) is 0 Å². The van der Waals surface area contributed by atoms with Crippen LogP contribution in [0.4, 0.5) is 4.39 Å². The van der Waals surface area contributed by atoms with Gasteiger partial charge in [0.25, 0.3) is 0 Å². The summed E-state index contributed by atoms with van der Waals surface area (Å²) in [7, 11) is 1.14. The number of hydrogen-bond acceptors (Lipinski definition) is 3.